The van der Waals surface area contributed by atoms with E-state index in [0.717, 1.165) is 35.7 Å². The van der Waals surface area contributed by atoms with Gasteiger partial charge in [0.15, 0.2) is 0 Å². The van der Waals surface area contributed by atoms with Crippen LogP contribution in [0.5, 0.6) is 0 Å². The van der Waals surface area contributed by atoms with E-state index in [1.54, 1.807) is 16.7 Å². The maximum atomic E-state index is 12.2. The van der Waals surface area contributed by atoms with Crippen LogP contribution in [0, 0.1) is 6.92 Å². The van der Waals surface area contributed by atoms with Gasteiger partial charge >= 0.3 is 0 Å². The minimum Gasteiger partial charge on any atom is -0.385 e. The number of hydrogen-bond acceptors (Lipinski definition) is 3. The lowest BCUT2D eigenvalue weighted by molar-refractivity contribution is 0.0803. The molecule has 4 heteroatoms. The number of nitrogens with zero attached hydrogens (tertiary/aromatic N) is 1. The topological polar surface area (TPSA) is 32.3 Å². The molecule has 0 aliphatic rings. The summed E-state index contributed by atoms with van der Waals surface area (Å²) < 4.78 is 0. The van der Waals surface area contributed by atoms with Crippen molar-refractivity contribution in [2.45, 2.75) is 13.8 Å². The summed E-state index contributed by atoms with van der Waals surface area (Å²) in [5.41, 5.74) is 2.88. The van der Waals surface area contributed by atoms with Gasteiger partial charge in [-0.05, 0) is 43.9 Å². The SMILES string of the molecule is CCNc1ccc(C(=O)N(C)CCSC)c(C)c1. The number of aryl methyl sites for hydroxylation is 1. The lowest BCUT2D eigenvalue weighted by Gasteiger charge is -2.18. The maximum Gasteiger partial charge on any atom is 0.253 e. The highest BCUT2D eigenvalue weighted by atomic mass is 32.2. The standard InChI is InChI=1S/C14H22N2OS/c1-5-15-12-6-7-13(11(2)10-12)14(17)16(3)8-9-18-4/h6-7,10,15H,5,8-9H2,1-4H3. The fraction of sp³-hybridized carbons (Fsp3) is 0.500. The fourth-order valence-corrected chi connectivity index (χ4v) is 2.21. The quantitative estimate of drug-likeness (QED) is 0.859. The number of carbonyl (C=O) groups is 1. The van der Waals surface area contributed by atoms with Crippen molar-refractivity contribution in [3.8, 4) is 0 Å². The molecule has 1 aromatic rings. The molecule has 0 fully saturated rings. The maximum absolute atomic E-state index is 12.2. The van der Waals surface area contributed by atoms with Gasteiger partial charge in [-0.25, -0.2) is 0 Å². The first kappa shape index (κ1) is 14.9. The summed E-state index contributed by atoms with van der Waals surface area (Å²) in [7, 11) is 1.86. The van der Waals surface area contributed by atoms with Gasteiger partial charge in [0, 0.05) is 37.1 Å². The van der Waals surface area contributed by atoms with Crippen molar-refractivity contribution < 1.29 is 4.79 Å². The number of anilines is 1. The number of amides is 1. The number of carbonyl (C=O) groups excluding carboxylic acids is 1. The third-order valence-corrected chi connectivity index (χ3v) is 3.41. The lowest BCUT2D eigenvalue weighted by Crippen LogP contribution is -2.29. The highest BCUT2D eigenvalue weighted by molar-refractivity contribution is 7.98. The van der Waals surface area contributed by atoms with E-state index < -0.39 is 0 Å². The highest BCUT2D eigenvalue weighted by Gasteiger charge is 2.13. The van der Waals surface area contributed by atoms with Crippen LogP contribution in [0.25, 0.3) is 0 Å². The van der Waals surface area contributed by atoms with Gasteiger partial charge in [-0.3, -0.25) is 4.79 Å². The third kappa shape index (κ3) is 3.95. The van der Waals surface area contributed by atoms with Crippen molar-refractivity contribution >= 4 is 23.4 Å². The van der Waals surface area contributed by atoms with E-state index in [4.69, 9.17) is 0 Å². The van der Waals surface area contributed by atoms with Gasteiger partial charge in [0.1, 0.15) is 0 Å². The number of rotatable bonds is 6. The Morgan fingerprint density at radius 1 is 1.44 bits per heavy atom. The van der Waals surface area contributed by atoms with E-state index in [1.165, 1.54) is 0 Å². The first-order valence-corrected chi connectivity index (χ1v) is 7.58. The van der Waals surface area contributed by atoms with Crippen molar-refractivity contribution in [3.05, 3.63) is 29.3 Å². The molecule has 0 aromatic heterocycles. The van der Waals surface area contributed by atoms with Crippen molar-refractivity contribution in [1.29, 1.82) is 0 Å². The van der Waals surface area contributed by atoms with Gasteiger partial charge < -0.3 is 10.2 Å². The zero-order valence-electron chi connectivity index (χ0n) is 11.6. The van der Waals surface area contributed by atoms with E-state index in [1.807, 2.05) is 32.2 Å². The fourth-order valence-electron chi connectivity index (χ4n) is 1.75. The number of nitrogens with one attached hydrogen (secondary N) is 1. The molecule has 0 unspecified atom stereocenters. The molecule has 100 valence electrons. The molecule has 0 saturated carbocycles. The normalized spacial score (nSPS) is 10.2. The zero-order chi connectivity index (χ0) is 13.5. The first-order valence-electron chi connectivity index (χ1n) is 6.19. The number of thioether (sulfide) groups is 1. The Balaban J connectivity index is 2.79. The Morgan fingerprint density at radius 3 is 2.72 bits per heavy atom. The Morgan fingerprint density at radius 2 is 2.17 bits per heavy atom. The summed E-state index contributed by atoms with van der Waals surface area (Å²) in [5.74, 6) is 1.07. The minimum atomic E-state index is 0.101. The summed E-state index contributed by atoms with van der Waals surface area (Å²) in [4.78, 5) is 14.0. The summed E-state index contributed by atoms with van der Waals surface area (Å²) in [6.45, 7) is 5.72. The van der Waals surface area contributed by atoms with Crippen LogP contribution in [0.2, 0.25) is 0 Å². The lowest BCUT2D eigenvalue weighted by atomic mass is 10.1. The van der Waals surface area contributed by atoms with E-state index in [-0.39, 0.29) is 5.91 Å². The molecule has 18 heavy (non-hydrogen) atoms. The Labute approximate surface area is 114 Å². The van der Waals surface area contributed by atoms with Gasteiger partial charge in [-0.15, -0.1) is 0 Å². The van der Waals surface area contributed by atoms with E-state index in [0.29, 0.717) is 0 Å². The molecule has 1 amide bonds. The summed E-state index contributed by atoms with van der Waals surface area (Å²) in [6.07, 6.45) is 2.05. The molecule has 0 aliphatic heterocycles. The van der Waals surface area contributed by atoms with Crippen molar-refractivity contribution in [2.24, 2.45) is 0 Å². The van der Waals surface area contributed by atoms with Gasteiger partial charge in [-0.1, -0.05) is 0 Å². The summed E-state index contributed by atoms with van der Waals surface area (Å²) in [5, 5.41) is 3.25. The average molecular weight is 266 g/mol. The van der Waals surface area contributed by atoms with Crippen LogP contribution in [0.3, 0.4) is 0 Å². The Kier molecular flexibility index (Phi) is 6.05. The molecule has 0 bridgehead atoms. The van der Waals surface area contributed by atoms with Crippen LogP contribution in [-0.4, -0.2) is 43.0 Å². The van der Waals surface area contributed by atoms with Crippen LogP contribution in [0.15, 0.2) is 18.2 Å². The molecule has 1 rings (SSSR count). The second-order valence-electron chi connectivity index (χ2n) is 4.28. The van der Waals surface area contributed by atoms with Gasteiger partial charge in [0.05, 0.1) is 0 Å². The van der Waals surface area contributed by atoms with Crippen molar-refractivity contribution in [2.75, 3.05) is 37.5 Å². The molecule has 0 heterocycles. The average Bonchev–Trinajstić information content (AvgIpc) is 2.35. The second kappa shape index (κ2) is 7.31. The van der Waals surface area contributed by atoms with Crippen LogP contribution in [-0.2, 0) is 0 Å². The van der Waals surface area contributed by atoms with Crippen molar-refractivity contribution in [1.82, 2.24) is 4.90 Å². The van der Waals surface area contributed by atoms with Crippen LogP contribution in [0.1, 0.15) is 22.8 Å². The summed E-state index contributed by atoms with van der Waals surface area (Å²) >= 11 is 1.75. The smallest absolute Gasteiger partial charge is 0.253 e. The highest BCUT2D eigenvalue weighted by Crippen LogP contribution is 2.16. The summed E-state index contributed by atoms with van der Waals surface area (Å²) in [6, 6.07) is 5.90. The largest absolute Gasteiger partial charge is 0.385 e. The zero-order valence-corrected chi connectivity index (χ0v) is 12.4. The second-order valence-corrected chi connectivity index (χ2v) is 5.27. The van der Waals surface area contributed by atoms with Crippen LogP contribution in [0.4, 0.5) is 5.69 Å². The van der Waals surface area contributed by atoms with E-state index in [9.17, 15) is 4.79 Å². The Bertz CT molecular complexity index is 407. The molecule has 0 radical (unpaired) electrons. The molecule has 0 saturated heterocycles. The van der Waals surface area contributed by atoms with E-state index in [2.05, 4.69) is 18.5 Å². The van der Waals surface area contributed by atoms with Gasteiger partial charge in [0.25, 0.3) is 5.91 Å². The molecule has 1 N–H and O–H groups in total. The molecule has 3 nitrogen and oxygen atoms in total. The first-order chi connectivity index (χ1) is 8.60. The van der Waals surface area contributed by atoms with Gasteiger partial charge in [-0.2, -0.15) is 11.8 Å². The predicted molar refractivity (Wildman–Crippen MR) is 80.7 cm³/mol. The molecule has 0 spiro atoms. The van der Waals surface area contributed by atoms with E-state index >= 15 is 0 Å². The molecule has 0 atom stereocenters. The molecule has 0 aliphatic carbocycles. The number of benzene rings is 1. The van der Waals surface area contributed by atoms with Crippen LogP contribution >= 0.6 is 11.8 Å². The minimum absolute atomic E-state index is 0.101. The monoisotopic (exact) mass is 266 g/mol. The van der Waals surface area contributed by atoms with Crippen LogP contribution < -0.4 is 5.32 Å². The molecule has 1 aromatic carbocycles. The van der Waals surface area contributed by atoms with Gasteiger partial charge in [0.2, 0.25) is 0 Å². The molecular formula is C14H22N2OS. The number of hydrogen-bond donors (Lipinski definition) is 1. The Hall–Kier alpha value is -1.16. The third-order valence-electron chi connectivity index (χ3n) is 2.82. The predicted octanol–water partition coefficient (Wildman–Crippen LogP) is 2.86. The molecular weight excluding hydrogens is 244 g/mol. The van der Waals surface area contributed by atoms with Crippen molar-refractivity contribution in [3.63, 3.8) is 0 Å².